The van der Waals surface area contributed by atoms with Crippen LogP contribution in [0.5, 0.6) is 0 Å². The van der Waals surface area contributed by atoms with Gasteiger partial charge in [0.15, 0.2) is 0 Å². The molecule has 94 valence electrons. The number of hydrogen-bond donors (Lipinski definition) is 2. The van der Waals surface area contributed by atoms with Crippen LogP contribution in [-0.2, 0) is 0 Å². The van der Waals surface area contributed by atoms with Gasteiger partial charge in [0.05, 0.1) is 17.9 Å². The normalized spacial score (nSPS) is 23.7. The summed E-state index contributed by atoms with van der Waals surface area (Å²) in [6, 6.07) is 0. The van der Waals surface area contributed by atoms with Gasteiger partial charge in [0.1, 0.15) is 5.84 Å². The standard InChI is InChI=1S/C14H12N4S/c1-10-8-11-14(17-7-6-16-11)18-9-12-13(19-10)4-2-3-5-15-12/h3-8,16H,1,9H2,(H,17,18)/b11-8+. The largest absolute Gasteiger partial charge is 0.357 e. The number of thioether (sulfide) groups is 1. The van der Waals surface area contributed by atoms with Crippen LogP contribution in [0.4, 0.5) is 0 Å². The number of fused-ring (bicyclic) bond motifs is 1. The Morgan fingerprint density at radius 3 is 3.16 bits per heavy atom. The predicted molar refractivity (Wildman–Crippen MR) is 80.7 cm³/mol. The molecule has 0 saturated heterocycles. The molecule has 0 aromatic rings. The number of rotatable bonds is 0. The maximum Gasteiger partial charge on any atom is 0.149 e. The molecule has 19 heavy (non-hydrogen) atoms. The van der Waals surface area contributed by atoms with E-state index in [0.717, 1.165) is 27.0 Å². The second-order valence-corrected chi connectivity index (χ2v) is 5.15. The van der Waals surface area contributed by atoms with Crippen LogP contribution in [-0.4, -0.2) is 18.6 Å². The second kappa shape index (κ2) is 5.18. The molecule has 0 aliphatic carbocycles. The van der Waals surface area contributed by atoms with E-state index in [2.05, 4.69) is 32.9 Å². The molecule has 5 heteroatoms. The highest BCUT2D eigenvalue weighted by Gasteiger charge is 2.14. The van der Waals surface area contributed by atoms with E-state index in [1.165, 1.54) is 0 Å². The number of nitrogens with zero attached hydrogens (tertiary/aromatic N) is 2. The zero-order chi connectivity index (χ0) is 13.1. The Bertz CT molecular complexity index is 640. The molecule has 0 atom stereocenters. The van der Waals surface area contributed by atoms with Crippen LogP contribution in [0.3, 0.4) is 0 Å². The van der Waals surface area contributed by atoms with E-state index >= 15 is 0 Å². The Morgan fingerprint density at radius 2 is 2.21 bits per heavy atom. The van der Waals surface area contributed by atoms with Gasteiger partial charge in [-0.25, -0.2) is 0 Å². The summed E-state index contributed by atoms with van der Waals surface area (Å²) < 4.78 is 0. The van der Waals surface area contributed by atoms with E-state index in [1.807, 2.05) is 24.6 Å². The summed E-state index contributed by atoms with van der Waals surface area (Å²) in [6.45, 7) is 4.59. The first-order valence-corrected chi connectivity index (χ1v) is 6.64. The number of amidine groups is 1. The van der Waals surface area contributed by atoms with Crippen LogP contribution in [0, 0.1) is 0 Å². The molecule has 0 unspecified atom stereocenters. The lowest BCUT2D eigenvalue weighted by atomic mass is 10.3. The molecule has 3 aliphatic rings. The number of allylic oxidation sites excluding steroid dienone is 2. The van der Waals surface area contributed by atoms with Gasteiger partial charge in [0, 0.05) is 28.4 Å². The summed E-state index contributed by atoms with van der Waals surface area (Å²) in [4.78, 5) is 10.9. The summed E-state index contributed by atoms with van der Waals surface area (Å²) in [7, 11) is 0. The molecule has 0 aromatic carbocycles. The summed E-state index contributed by atoms with van der Waals surface area (Å²) >= 11 is 1.58. The third-order valence-corrected chi connectivity index (χ3v) is 3.58. The Balaban J connectivity index is 2.03. The molecular weight excluding hydrogens is 256 g/mol. The number of nitrogens with one attached hydrogen (secondary N) is 2. The van der Waals surface area contributed by atoms with E-state index < -0.39 is 0 Å². The fraction of sp³-hybridized carbons (Fsp3) is 0.0714. The zero-order valence-corrected chi connectivity index (χ0v) is 11.0. The van der Waals surface area contributed by atoms with E-state index in [9.17, 15) is 0 Å². The quantitative estimate of drug-likeness (QED) is 0.662. The molecule has 0 radical (unpaired) electrons. The Morgan fingerprint density at radius 1 is 1.32 bits per heavy atom. The minimum Gasteiger partial charge on any atom is -0.357 e. The second-order valence-electron chi connectivity index (χ2n) is 3.98. The zero-order valence-electron chi connectivity index (χ0n) is 10.2. The SMILES string of the molecule is C=C1/C=C2/NC=CNC2=NCC2=C(C=C=CC=N2)S1. The van der Waals surface area contributed by atoms with Crippen LogP contribution in [0.25, 0.3) is 0 Å². The third kappa shape index (κ3) is 2.62. The van der Waals surface area contributed by atoms with Gasteiger partial charge in [0.25, 0.3) is 0 Å². The van der Waals surface area contributed by atoms with Crippen molar-refractivity contribution in [3.63, 3.8) is 0 Å². The van der Waals surface area contributed by atoms with Crippen molar-refractivity contribution in [1.82, 2.24) is 10.6 Å². The average Bonchev–Trinajstić information content (AvgIpc) is 2.59. The van der Waals surface area contributed by atoms with Crippen molar-refractivity contribution in [3.05, 3.63) is 64.1 Å². The van der Waals surface area contributed by atoms with Gasteiger partial charge < -0.3 is 10.6 Å². The van der Waals surface area contributed by atoms with Crippen LogP contribution in [0.2, 0.25) is 0 Å². The summed E-state index contributed by atoms with van der Waals surface area (Å²) in [6.07, 6.45) is 11.1. The topological polar surface area (TPSA) is 48.8 Å². The molecule has 0 amide bonds. The Kier molecular flexibility index (Phi) is 3.23. The van der Waals surface area contributed by atoms with Crippen molar-refractivity contribution < 1.29 is 0 Å². The lowest BCUT2D eigenvalue weighted by Gasteiger charge is -2.15. The lowest BCUT2D eigenvalue weighted by Crippen LogP contribution is -2.31. The average molecular weight is 268 g/mol. The van der Waals surface area contributed by atoms with Gasteiger partial charge in [-0.05, 0) is 18.2 Å². The first-order chi connectivity index (χ1) is 9.33. The molecule has 0 spiro atoms. The predicted octanol–water partition coefficient (Wildman–Crippen LogP) is 2.20. The third-order valence-electron chi connectivity index (χ3n) is 2.63. The minimum atomic E-state index is 0.521. The van der Waals surface area contributed by atoms with Gasteiger partial charge in [-0.2, -0.15) is 0 Å². The highest BCUT2D eigenvalue weighted by atomic mass is 32.2. The maximum atomic E-state index is 4.56. The fourth-order valence-electron chi connectivity index (χ4n) is 1.77. The van der Waals surface area contributed by atoms with Gasteiger partial charge >= 0.3 is 0 Å². The summed E-state index contributed by atoms with van der Waals surface area (Å²) in [5, 5.41) is 6.29. The van der Waals surface area contributed by atoms with E-state index in [0.29, 0.717) is 6.54 Å². The molecule has 2 N–H and O–H groups in total. The van der Waals surface area contributed by atoms with Gasteiger partial charge in [-0.15, -0.1) is 5.73 Å². The van der Waals surface area contributed by atoms with Crippen LogP contribution in [0.1, 0.15) is 0 Å². The molecule has 0 saturated carbocycles. The van der Waals surface area contributed by atoms with Gasteiger partial charge in [0.2, 0.25) is 0 Å². The van der Waals surface area contributed by atoms with Gasteiger partial charge in [-0.3, -0.25) is 9.98 Å². The van der Waals surface area contributed by atoms with Crippen molar-refractivity contribution in [2.24, 2.45) is 9.98 Å². The molecule has 3 heterocycles. The van der Waals surface area contributed by atoms with Crippen molar-refractivity contribution >= 4 is 23.8 Å². The highest BCUT2D eigenvalue weighted by Crippen LogP contribution is 2.31. The van der Waals surface area contributed by atoms with E-state index in [4.69, 9.17) is 0 Å². The smallest absolute Gasteiger partial charge is 0.149 e. The molecule has 3 rings (SSSR count). The van der Waals surface area contributed by atoms with E-state index in [-0.39, 0.29) is 0 Å². The minimum absolute atomic E-state index is 0.521. The Hall–Kier alpha value is -2.23. The van der Waals surface area contributed by atoms with E-state index in [1.54, 1.807) is 24.1 Å². The molecule has 0 fully saturated rings. The lowest BCUT2D eigenvalue weighted by molar-refractivity contribution is 0.997. The maximum absolute atomic E-state index is 4.56. The van der Waals surface area contributed by atoms with Crippen LogP contribution >= 0.6 is 11.8 Å². The van der Waals surface area contributed by atoms with Crippen molar-refractivity contribution in [1.29, 1.82) is 0 Å². The van der Waals surface area contributed by atoms with Crippen molar-refractivity contribution in [2.45, 2.75) is 0 Å². The fourth-order valence-corrected chi connectivity index (χ4v) is 2.59. The molecular formula is C14H12N4S. The Labute approximate surface area is 115 Å². The first-order valence-electron chi connectivity index (χ1n) is 5.82. The molecule has 0 bridgehead atoms. The number of hydrogen-bond acceptors (Lipinski definition) is 5. The van der Waals surface area contributed by atoms with Crippen molar-refractivity contribution in [3.8, 4) is 0 Å². The van der Waals surface area contributed by atoms with Crippen molar-refractivity contribution in [2.75, 3.05) is 6.54 Å². The van der Waals surface area contributed by atoms with Gasteiger partial charge in [-0.1, -0.05) is 18.3 Å². The monoisotopic (exact) mass is 268 g/mol. The first kappa shape index (κ1) is 11.8. The molecule has 4 nitrogen and oxygen atoms in total. The number of aliphatic imine (C=N–C) groups is 2. The molecule has 3 aliphatic heterocycles. The highest BCUT2D eigenvalue weighted by molar-refractivity contribution is 8.07. The summed E-state index contributed by atoms with van der Waals surface area (Å²) in [5.74, 6) is 0.800. The summed E-state index contributed by atoms with van der Waals surface area (Å²) in [5.41, 5.74) is 4.91. The molecule has 0 aromatic heterocycles. The van der Waals surface area contributed by atoms with Crippen LogP contribution < -0.4 is 10.6 Å². The van der Waals surface area contributed by atoms with Crippen LogP contribution in [0.15, 0.2) is 74.1 Å².